The van der Waals surface area contributed by atoms with Gasteiger partial charge in [-0.1, -0.05) is 39.8 Å². The Labute approximate surface area is 236 Å². The maximum atomic E-state index is 12.4. The number of ether oxygens (including phenoxy) is 1. The van der Waals surface area contributed by atoms with Crippen LogP contribution in [0.25, 0.3) is 0 Å². The van der Waals surface area contributed by atoms with Gasteiger partial charge in [0.15, 0.2) is 25.6 Å². The molecule has 0 bridgehead atoms. The summed E-state index contributed by atoms with van der Waals surface area (Å²) in [6.45, 7) is 11.3. The van der Waals surface area contributed by atoms with Crippen molar-refractivity contribution >= 4 is 37.5 Å². The Morgan fingerprint density at radius 3 is 1.57 bits per heavy atom. The van der Waals surface area contributed by atoms with Crippen LogP contribution >= 0.6 is 0 Å². The van der Waals surface area contributed by atoms with E-state index in [1.165, 1.54) is 19.2 Å². The fourth-order valence-corrected chi connectivity index (χ4v) is 9.63. The molecule has 12 heteroatoms. The Balaban J connectivity index is 0.000000222. The van der Waals surface area contributed by atoms with Gasteiger partial charge in [0.05, 0.1) is 34.0 Å². The van der Waals surface area contributed by atoms with Crippen molar-refractivity contribution in [3.05, 3.63) is 57.6 Å². The van der Waals surface area contributed by atoms with Crippen LogP contribution < -0.4 is 11.5 Å². The van der Waals surface area contributed by atoms with E-state index >= 15 is 0 Å². The summed E-state index contributed by atoms with van der Waals surface area (Å²) in [5.74, 6) is -1.31. The number of esters is 1. The second-order valence-corrected chi connectivity index (χ2v) is 16.0. The van der Waals surface area contributed by atoms with E-state index in [0.717, 1.165) is 16.7 Å². The number of fused-ring (bicyclic) bond motifs is 2. The van der Waals surface area contributed by atoms with Gasteiger partial charge >= 0.3 is 5.97 Å². The number of aliphatic imine (C=N–C) groups is 1. The number of rotatable bonds is 2. The molecule has 1 amide bonds. The van der Waals surface area contributed by atoms with Crippen LogP contribution in [0.4, 0.5) is 0 Å². The average Bonchev–Trinajstić information content (AvgIpc) is 2.74. The van der Waals surface area contributed by atoms with Crippen molar-refractivity contribution in [3.63, 3.8) is 0 Å². The molecule has 10 nitrogen and oxygen atoms in total. The molecule has 4 rings (SSSR count). The normalized spacial score (nSPS) is 19.1. The summed E-state index contributed by atoms with van der Waals surface area (Å²) in [6, 6.07) is 6.38. The number of carbonyl (C=O) groups is 2. The van der Waals surface area contributed by atoms with Gasteiger partial charge < -0.3 is 16.2 Å². The molecule has 4 N–H and O–H groups in total. The Kier molecular flexibility index (Phi) is 8.31. The van der Waals surface area contributed by atoms with E-state index < -0.39 is 31.6 Å². The summed E-state index contributed by atoms with van der Waals surface area (Å²) in [5.41, 5.74) is 13.3. The predicted octanol–water partition coefficient (Wildman–Crippen LogP) is 2.90. The van der Waals surface area contributed by atoms with Crippen molar-refractivity contribution in [2.24, 2.45) is 27.3 Å². The summed E-state index contributed by atoms with van der Waals surface area (Å²) in [4.78, 5) is 27.6. The van der Waals surface area contributed by atoms with Crippen LogP contribution in [0.1, 0.15) is 70.7 Å². The first kappa shape index (κ1) is 31.3. The number of nitrogens with two attached hydrogens (primary N) is 2. The molecule has 218 valence electrons. The molecule has 2 aliphatic heterocycles. The zero-order chi connectivity index (χ0) is 30.4. The largest absolute Gasteiger partial charge is 0.465 e. The minimum atomic E-state index is -3.41. The number of guanidine groups is 1. The zero-order valence-corrected chi connectivity index (χ0v) is 25.5. The molecule has 0 atom stereocenters. The molecule has 2 aromatic rings. The lowest BCUT2D eigenvalue weighted by molar-refractivity contribution is 0.0599. The monoisotopic (exact) mass is 591 g/mol. The van der Waals surface area contributed by atoms with E-state index in [2.05, 4.69) is 9.73 Å². The number of methoxy groups -OCH3 is 1. The number of amides is 1. The number of nitrogens with zero attached hydrogens (tertiary/aromatic N) is 1. The highest BCUT2D eigenvalue weighted by molar-refractivity contribution is 7.91. The number of hydrogen-bond donors (Lipinski definition) is 2. The van der Waals surface area contributed by atoms with E-state index in [9.17, 15) is 26.4 Å². The lowest BCUT2D eigenvalue weighted by Gasteiger charge is -2.31. The van der Waals surface area contributed by atoms with Crippen LogP contribution in [-0.2, 0) is 37.3 Å². The minimum Gasteiger partial charge on any atom is -0.465 e. The van der Waals surface area contributed by atoms with Crippen molar-refractivity contribution in [1.29, 1.82) is 0 Å². The second-order valence-electron chi connectivity index (χ2n) is 12.1. The molecule has 0 saturated carbocycles. The van der Waals surface area contributed by atoms with Crippen LogP contribution in [0.5, 0.6) is 0 Å². The van der Waals surface area contributed by atoms with Crippen molar-refractivity contribution in [3.8, 4) is 0 Å². The second kappa shape index (κ2) is 10.6. The molecule has 2 heterocycles. The van der Waals surface area contributed by atoms with Crippen LogP contribution in [0.2, 0.25) is 0 Å². The Hall–Kier alpha value is -3.25. The quantitative estimate of drug-likeness (QED) is 0.302. The van der Waals surface area contributed by atoms with E-state index in [1.54, 1.807) is 26.0 Å². The molecule has 0 aromatic heterocycles. The van der Waals surface area contributed by atoms with Gasteiger partial charge in [0.2, 0.25) is 0 Å². The standard InChI is InChI=1S/C14H19N3O3S.C14H18O4S/c1-8-4-9-6-14(2,3)7-21(19,20)11(9)5-10(8)12(18)17-13(15)16;1-9-5-10-7-14(2,3)8-19(16,17)12(10)6-11(9)13(15)18-4/h4-5H,6-7H2,1-3H3,(H4,15,16,17,18);5-6H,7-8H2,1-4H3. The molecule has 0 spiro atoms. The predicted molar refractivity (Wildman–Crippen MR) is 153 cm³/mol. The fourth-order valence-electron chi connectivity index (χ4n) is 5.41. The van der Waals surface area contributed by atoms with Gasteiger partial charge in [-0.2, -0.15) is 4.99 Å². The van der Waals surface area contributed by atoms with Crippen molar-refractivity contribution in [2.75, 3.05) is 18.6 Å². The highest BCUT2D eigenvalue weighted by Gasteiger charge is 2.37. The van der Waals surface area contributed by atoms with Crippen LogP contribution in [-0.4, -0.2) is 53.3 Å². The zero-order valence-electron chi connectivity index (χ0n) is 23.9. The van der Waals surface area contributed by atoms with Gasteiger partial charge in [-0.15, -0.1) is 0 Å². The summed E-state index contributed by atoms with van der Waals surface area (Å²) >= 11 is 0. The molecule has 0 fully saturated rings. The van der Waals surface area contributed by atoms with Crippen LogP contribution in [0.15, 0.2) is 39.0 Å². The highest BCUT2D eigenvalue weighted by atomic mass is 32.2. The van der Waals surface area contributed by atoms with Gasteiger partial charge in [-0.05, 0) is 71.9 Å². The summed E-state index contributed by atoms with van der Waals surface area (Å²) in [5, 5.41) is 0. The molecule has 2 aromatic carbocycles. The van der Waals surface area contributed by atoms with Gasteiger partial charge in [0.1, 0.15) is 0 Å². The molecule has 2 aliphatic rings. The molecule has 40 heavy (non-hydrogen) atoms. The summed E-state index contributed by atoms with van der Waals surface area (Å²) in [6.07, 6.45) is 1.35. The van der Waals surface area contributed by atoms with E-state index in [1.807, 2.05) is 27.7 Å². The SMILES string of the molecule is COC(=O)c1cc2c(cc1C)CC(C)(C)CS2(=O)=O.Cc1cc2c(cc1C(=O)N=C(N)N)S(=O)(=O)CC(C)(C)C2. The Morgan fingerprint density at radius 1 is 0.775 bits per heavy atom. The molecular formula is C28H37N3O7S2. The number of aryl methyl sites for hydroxylation is 2. The van der Waals surface area contributed by atoms with Crippen LogP contribution in [0.3, 0.4) is 0 Å². The maximum absolute atomic E-state index is 12.4. The third-order valence-electron chi connectivity index (χ3n) is 6.85. The topological polar surface area (TPSA) is 176 Å². The first-order chi connectivity index (χ1) is 18.2. The van der Waals surface area contributed by atoms with Gasteiger partial charge in [0, 0.05) is 5.56 Å². The van der Waals surface area contributed by atoms with E-state index in [-0.39, 0.29) is 43.6 Å². The fraction of sp³-hybridized carbons (Fsp3) is 0.464. The third kappa shape index (κ3) is 6.72. The van der Waals surface area contributed by atoms with Gasteiger partial charge in [-0.25, -0.2) is 21.6 Å². The minimum absolute atomic E-state index is 0.0615. The average molecular weight is 592 g/mol. The van der Waals surface area contributed by atoms with Crippen LogP contribution in [0, 0.1) is 24.7 Å². The Morgan fingerprint density at radius 2 is 1.18 bits per heavy atom. The molecule has 0 unspecified atom stereocenters. The lowest BCUT2D eigenvalue weighted by atomic mass is 9.86. The first-order valence-corrected chi connectivity index (χ1v) is 15.9. The summed E-state index contributed by atoms with van der Waals surface area (Å²) < 4.78 is 54.1. The van der Waals surface area contributed by atoms with Crippen molar-refractivity contribution in [2.45, 2.75) is 64.2 Å². The number of benzene rings is 2. The number of carbonyl (C=O) groups excluding carboxylic acids is 2. The third-order valence-corrected chi connectivity index (χ3v) is 11.3. The maximum Gasteiger partial charge on any atom is 0.338 e. The van der Waals surface area contributed by atoms with Crippen molar-refractivity contribution < 1.29 is 31.2 Å². The van der Waals surface area contributed by atoms with Gasteiger partial charge in [0.25, 0.3) is 5.91 Å². The molecule has 0 saturated heterocycles. The smallest absolute Gasteiger partial charge is 0.338 e. The van der Waals surface area contributed by atoms with E-state index in [4.69, 9.17) is 11.5 Å². The first-order valence-electron chi connectivity index (χ1n) is 12.6. The molecule has 0 aliphatic carbocycles. The van der Waals surface area contributed by atoms with Gasteiger partial charge in [-0.3, -0.25) is 4.79 Å². The number of hydrogen-bond acceptors (Lipinski definition) is 7. The lowest BCUT2D eigenvalue weighted by Crippen LogP contribution is -2.32. The summed E-state index contributed by atoms with van der Waals surface area (Å²) in [7, 11) is -5.46. The number of sulfone groups is 2. The Bertz CT molecular complexity index is 1630. The van der Waals surface area contributed by atoms with Crippen molar-refractivity contribution in [1.82, 2.24) is 0 Å². The molecular weight excluding hydrogens is 554 g/mol. The van der Waals surface area contributed by atoms with E-state index in [0.29, 0.717) is 24.0 Å². The molecule has 0 radical (unpaired) electrons. The highest BCUT2D eigenvalue weighted by Crippen LogP contribution is 2.38.